The molecule has 2 rings (SSSR count). The topological polar surface area (TPSA) is 34.2 Å². The van der Waals surface area contributed by atoms with Gasteiger partial charge in [-0.15, -0.1) is 0 Å². The lowest BCUT2D eigenvalue weighted by Gasteiger charge is -2.33. The van der Waals surface area contributed by atoms with Crippen molar-refractivity contribution in [2.45, 2.75) is 19.8 Å². The maximum absolute atomic E-state index is 12.6. The molecule has 0 saturated carbocycles. The fourth-order valence-electron chi connectivity index (χ4n) is 1.84. The van der Waals surface area contributed by atoms with Crippen LogP contribution in [-0.2, 0) is 4.74 Å². The molecule has 1 N–H and O–H groups in total. The van der Waals surface area contributed by atoms with Crippen molar-refractivity contribution in [3.05, 3.63) is 24.3 Å². The van der Waals surface area contributed by atoms with Crippen LogP contribution in [0.1, 0.15) is 19.8 Å². The summed E-state index contributed by atoms with van der Waals surface area (Å²) in [5, 5.41) is 3.30. The standard InChI is InChI=1S/C12H17FN2O/c1-12(4-6-16-7-5-12)9-15-10-2-3-11(13)14-8-10/h2-3,8,15H,4-7,9H2,1H3. The van der Waals surface area contributed by atoms with Gasteiger partial charge in [0, 0.05) is 19.8 Å². The number of nitrogens with zero attached hydrogens (tertiary/aromatic N) is 1. The summed E-state index contributed by atoms with van der Waals surface area (Å²) in [6.45, 7) is 4.79. The highest BCUT2D eigenvalue weighted by molar-refractivity contribution is 5.40. The molecule has 1 aromatic rings. The van der Waals surface area contributed by atoms with Crippen LogP contribution < -0.4 is 5.32 Å². The van der Waals surface area contributed by atoms with Gasteiger partial charge < -0.3 is 10.1 Å². The minimum atomic E-state index is -0.442. The number of halogens is 1. The van der Waals surface area contributed by atoms with Crippen molar-refractivity contribution in [3.8, 4) is 0 Å². The van der Waals surface area contributed by atoms with E-state index < -0.39 is 5.95 Å². The zero-order chi connectivity index (χ0) is 11.4. The Morgan fingerprint density at radius 3 is 2.81 bits per heavy atom. The van der Waals surface area contributed by atoms with Crippen LogP contribution in [0.3, 0.4) is 0 Å². The van der Waals surface area contributed by atoms with Crippen LogP contribution in [0.15, 0.2) is 18.3 Å². The predicted molar refractivity (Wildman–Crippen MR) is 60.8 cm³/mol. The number of aromatic nitrogens is 1. The Bertz CT molecular complexity index is 333. The summed E-state index contributed by atoms with van der Waals surface area (Å²) in [7, 11) is 0. The summed E-state index contributed by atoms with van der Waals surface area (Å²) >= 11 is 0. The van der Waals surface area contributed by atoms with Gasteiger partial charge in [-0.25, -0.2) is 4.98 Å². The number of ether oxygens (including phenoxy) is 1. The number of pyridine rings is 1. The molecule has 0 aliphatic carbocycles. The molecule has 2 heterocycles. The Balaban J connectivity index is 1.88. The quantitative estimate of drug-likeness (QED) is 0.801. The monoisotopic (exact) mass is 224 g/mol. The molecular weight excluding hydrogens is 207 g/mol. The molecule has 0 spiro atoms. The lowest BCUT2D eigenvalue weighted by atomic mass is 9.82. The van der Waals surface area contributed by atoms with E-state index in [1.54, 1.807) is 6.07 Å². The van der Waals surface area contributed by atoms with Crippen molar-refractivity contribution in [2.24, 2.45) is 5.41 Å². The van der Waals surface area contributed by atoms with E-state index in [9.17, 15) is 4.39 Å². The highest BCUT2D eigenvalue weighted by Crippen LogP contribution is 2.29. The van der Waals surface area contributed by atoms with E-state index in [4.69, 9.17) is 4.74 Å². The van der Waals surface area contributed by atoms with E-state index in [2.05, 4.69) is 17.2 Å². The lowest BCUT2D eigenvalue weighted by Crippen LogP contribution is -2.33. The second-order valence-electron chi connectivity index (χ2n) is 4.65. The third-order valence-corrected chi connectivity index (χ3v) is 3.15. The fourth-order valence-corrected chi connectivity index (χ4v) is 1.84. The molecule has 0 radical (unpaired) electrons. The second kappa shape index (κ2) is 4.78. The average molecular weight is 224 g/mol. The minimum Gasteiger partial charge on any atom is -0.383 e. The van der Waals surface area contributed by atoms with E-state index in [1.807, 2.05) is 0 Å². The van der Waals surface area contributed by atoms with Gasteiger partial charge >= 0.3 is 0 Å². The van der Waals surface area contributed by atoms with Gasteiger partial charge in [0.1, 0.15) is 0 Å². The summed E-state index contributed by atoms with van der Waals surface area (Å²) in [6.07, 6.45) is 3.65. The van der Waals surface area contributed by atoms with E-state index in [0.717, 1.165) is 38.3 Å². The normalized spacial score (nSPS) is 19.4. The number of anilines is 1. The predicted octanol–water partition coefficient (Wildman–Crippen LogP) is 2.45. The molecule has 1 aliphatic heterocycles. The highest BCUT2D eigenvalue weighted by Gasteiger charge is 2.26. The van der Waals surface area contributed by atoms with Gasteiger partial charge in [-0.3, -0.25) is 0 Å². The Labute approximate surface area is 95.0 Å². The molecule has 1 saturated heterocycles. The third-order valence-electron chi connectivity index (χ3n) is 3.15. The first-order valence-electron chi connectivity index (χ1n) is 5.61. The summed E-state index contributed by atoms with van der Waals surface area (Å²) in [5.41, 5.74) is 1.14. The van der Waals surface area contributed by atoms with Gasteiger partial charge in [-0.05, 0) is 30.4 Å². The molecule has 3 nitrogen and oxygen atoms in total. The number of hydrogen-bond acceptors (Lipinski definition) is 3. The molecule has 88 valence electrons. The summed E-state index contributed by atoms with van der Waals surface area (Å²) < 4.78 is 17.9. The third kappa shape index (κ3) is 2.92. The average Bonchev–Trinajstić information content (AvgIpc) is 2.29. The van der Waals surface area contributed by atoms with Crippen LogP contribution >= 0.6 is 0 Å². The van der Waals surface area contributed by atoms with Crippen molar-refractivity contribution < 1.29 is 9.13 Å². The van der Waals surface area contributed by atoms with E-state index in [0.29, 0.717) is 0 Å². The molecule has 0 aromatic carbocycles. The van der Waals surface area contributed by atoms with Gasteiger partial charge in [-0.2, -0.15) is 4.39 Å². The van der Waals surface area contributed by atoms with Crippen LogP contribution in [0.25, 0.3) is 0 Å². The Morgan fingerprint density at radius 2 is 2.19 bits per heavy atom. The first-order chi connectivity index (χ1) is 7.68. The van der Waals surface area contributed by atoms with Crippen molar-refractivity contribution in [1.82, 2.24) is 4.98 Å². The molecule has 1 fully saturated rings. The Morgan fingerprint density at radius 1 is 1.44 bits per heavy atom. The summed E-state index contributed by atoms with van der Waals surface area (Å²) in [6, 6.07) is 3.08. The zero-order valence-corrected chi connectivity index (χ0v) is 9.50. The van der Waals surface area contributed by atoms with E-state index in [1.165, 1.54) is 12.3 Å². The van der Waals surface area contributed by atoms with Gasteiger partial charge in [-0.1, -0.05) is 6.92 Å². The molecular formula is C12H17FN2O. The summed E-state index contributed by atoms with van der Waals surface area (Å²) in [5.74, 6) is -0.442. The van der Waals surface area contributed by atoms with Crippen LogP contribution in [0.5, 0.6) is 0 Å². The minimum absolute atomic E-state index is 0.270. The van der Waals surface area contributed by atoms with Crippen molar-refractivity contribution in [1.29, 1.82) is 0 Å². The molecule has 0 atom stereocenters. The SMILES string of the molecule is CC1(CNc2ccc(F)nc2)CCOCC1. The number of hydrogen-bond donors (Lipinski definition) is 1. The fraction of sp³-hybridized carbons (Fsp3) is 0.583. The van der Waals surface area contributed by atoms with E-state index in [-0.39, 0.29) is 5.41 Å². The maximum Gasteiger partial charge on any atom is 0.212 e. The van der Waals surface area contributed by atoms with Gasteiger partial charge in [0.05, 0.1) is 11.9 Å². The first-order valence-corrected chi connectivity index (χ1v) is 5.61. The maximum atomic E-state index is 12.6. The van der Waals surface area contributed by atoms with Gasteiger partial charge in [0.2, 0.25) is 5.95 Å². The van der Waals surface area contributed by atoms with Crippen LogP contribution in [0.2, 0.25) is 0 Å². The number of nitrogens with one attached hydrogen (secondary N) is 1. The summed E-state index contributed by atoms with van der Waals surface area (Å²) in [4.78, 5) is 3.61. The van der Waals surface area contributed by atoms with Crippen LogP contribution in [0, 0.1) is 11.4 Å². The molecule has 1 aromatic heterocycles. The second-order valence-corrected chi connectivity index (χ2v) is 4.65. The molecule has 0 amide bonds. The molecule has 0 bridgehead atoms. The van der Waals surface area contributed by atoms with Crippen molar-refractivity contribution in [3.63, 3.8) is 0 Å². The largest absolute Gasteiger partial charge is 0.383 e. The lowest BCUT2D eigenvalue weighted by molar-refractivity contribution is 0.0300. The molecule has 4 heteroatoms. The van der Waals surface area contributed by atoms with Crippen LogP contribution in [0.4, 0.5) is 10.1 Å². The first kappa shape index (κ1) is 11.3. The molecule has 1 aliphatic rings. The van der Waals surface area contributed by atoms with Gasteiger partial charge in [0.25, 0.3) is 0 Å². The van der Waals surface area contributed by atoms with E-state index >= 15 is 0 Å². The van der Waals surface area contributed by atoms with Crippen molar-refractivity contribution >= 4 is 5.69 Å². The Kier molecular flexibility index (Phi) is 3.39. The highest BCUT2D eigenvalue weighted by atomic mass is 19.1. The smallest absolute Gasteiger partial charge is 0.212 e. The Hall–Kier alpha value is -1.16. The van der Waals surface area contributed by atoms with Crippen molar-refractivity contribution in [2.75, 3.05) is 25.1 Å². The molecule has 0 unspecified atom stereocenters. The zero-order valence-electron chi connectivity index (χ0n) is 9.50. The number of rotatable bonds is 3. The van der Waals surface area contributed by atoms with Crippen LogP contribution in [-0.4, -0.2) is 24.7 Å². The molecule has 16 heavy (non-hydrogen) atoms. The van der Waals surface area contributed by atoms with Gasteiger partial charge in [0.15, 0.2) is 0 Å².